The molecule has 2 aromatic heterocycles. The van der Waals surface area contributed by atoms with E-state index in [-0.39, 0.29) is 6.03 Å². The normalized spacial score (nSPS) is 18.2. The molecule has 2 aliphatic rings. The van der Waals surface area contributed by atoms with E-state index in [1.165, 1.54) is 5.69 Å². The van der Waals surface area contributed by atoms with E-state index in [1.54, 1.807) is 0 Å². The van der Waals surface area contributed by atoms with Gasteiger partial charge in [-0.1, -0.05) is 12.1 Å². The maximum absolute atomic E-state index is 12.5. The lowest BCUT2D eigenvalue weighted by Crippen LogP contribution is -2.48. The van der Waals surface area contributed by atoms with Gasteiger partial charge in [-0.15, -0.1) is 0 Å². The molecule has 1 aromatic carbocycles. The molecule has 32 heavy (non-hydrogen) atoms. The molecule has 2 saturated heterocycles. The first-order valence-electron chi connectivity index (χ1n) is 11.3. The number of H-pyrrole nitrogens is 1. The lowest BCUT2D eigenvalue weighted by Gasteiger charge is -2.32. The standard InChI is InChI=1S/C24H30N6O2/c1-28-8-10-30(11-9-28)24(31)27-19-4-2-18(3-5-19)23-21-16-20(26-22(21)6-7-25-23)17-29-12-14-32-15-13-29/h2-7,16,26H,8-15,17H2,1H3,(H,27,31). The van der Waals surface area contributed by atoms with Crippen LogP contribution in [-0.2, 0) is 11.3 Å². The number of aromatic amines is 1. The molecule has 2 aliphatic heterocycles. The summed E-state index contributed by atoms with van der Waals surface area (Å²) in [6.07, 6.45) is 1.84. The number of likely N-dealkylation sites (N-methyl/N-ethyl adjacent to an activating group) is 1. The average Bonchev–Trinajstić information content (AvgIpc) is 3.23. The van der Waals surface area contributed by atoms with Crippen molar-refractivity contribution in [2.24, 2.45) is 0 Å². The zero-order valence-electron chi connectivity index (χ0n) is 18.5. The Hall–Kier alpha value is -2.94. The first kappa shape index (κ1) is 20.9. The second-order valence-corrected chi connectivity index (χ2v) is 8.60. The van der Waals surface area contributed by atoms with Crippen molar-refractivity contribution in [3.63, 3.8) is 0 Å². The zero-order valence-corrected chi connectivity index (χ0v) is 18.5. The molecule has 0 unspecified atom stereocenters. The number of anilines is 1. The van der Waals surface area contributed by atoms with Gasteiger partial charge in [0, 0.05) is 79.9 Å². The highest BCUT2D eigenvalue weighted by Crippen LogP contribution is 2.28. The second kappa shape index (κ2) is 9.28. The number of carbonyl (C=O) groups excluding carboxylic acids is 1. The predicted octanol–water partition coefficient (Wildman–Crippen LogP) is 2.84. The fourth-order valence-electron chi connectivity index (χ4n) is 4.35. The third-order valence-electron chi connectivity index (χ3n) is 6.30. The number of benzene rings is 1. The van der Waals surface area contributed by atoms with E-state index < -0.39 is 0 Å². The zero-order chi connectivity index (χ0) is 21.9. The van der Waals surface area contributed by atoms with E-state index in [2.05, 4.69) is 38.2 Å². The summed E-state index contributed by atoms with van der Waals surface area (Å²) in [5.74, 6) is 0. The Morgan fingerprint density at radius 2 is 1.81 bits per heavy atom. The molecule has 2 fully saturated rings. The number of morpholine rings is 1. The van der Waals surface area contributed by atoms with Crippen LogP contribution in [0.5, 0.6) is 0 Å². The number of hydrogen-bond donors (Lipinski definition) is 2. The molecular formula is C24H30N6O2. The minimum atomic E-state index is -0.0375. The van der Waals surface area contributed by atoms with Gasteiger partial charge in [-0.25, -0.2) is 4.79 Å². The van der Waals surface area contributed by atoms with Crippen LogP contribution in [-0.4, -0.2) is 90.2 Å². The predicted molar refractivity (Wildman–Crippen MR) is 126 cm³/mol. The van der Waals surface area contributed by atoms with Gasteiger partial charge in [0.1, 0.15) is 0 Å². The third-order valence-corrected chi connectivity index (χ3v) is 6.30. The number of piperazine rings is 1. The summed E-state index contributed by atoms with van der Waals surface area (Å²) in [4.78, 5) is 27.2. The maximum Gasteiger partial charge on any atom is 0.321 e. The van der Waals surface area contributed by atoms with Gasteiger partial charge in [0.05, 0.1) is 18.9 Å². The number of rotatable bonds is 4. The second-order valence-electron chi connectivity index (χ2n) is 8.60. The molecule has 2 N–H and O–H groups in total. The van der Waals surface area contributed by atoms with Crippen molar-refractivity contribution in [2.75, 3.05) is 64.8 Å². The van der Waals surface area contributed by atoms with Crippen LogP contribution in [0.3, 0.4) is 0 Å². The summed E-state index contributed by atoms with van der Waals surface area (Å²) in [5, 5.41) is 4.13. The third kappa shape index (κ3) is 4.62. The highest BCUT2D eigenvalue weighted by molar-refractivity contribution is 5.94. The number of ether oxygens (including phenoxy) is 1. The van der Waals surface area contributed by atoms with Crippen LogP contribution in [0, 0.1) is 0 Å². The number of fused-ring (bicyclic) bond motifs is 1. The van der Waals surface area contributed by atoms with E-state index in [1.807, 2.05) is 41.4 Å². The number of aromatic nitrogens is 2. The topological polar surface area (TPSA) is 76.7 Å². The van der Waals surface area contributed by atoms with Gasteiger partial charge in [0.15, 0.2) is 0 Å². The molecule has 5 rings (SSSR count). The monoisotopic (exact) mass is 434 g/mol. The van der Waals surface area contributed by atoms with Crippen molar-refractivity contribution in [3.8, 4) is 11.3 Å². The van der Waals surface area contributed by atoms with Crippen molar-refractivity contribution in [3.05, 3.63) is 48.3 Å². The summed E-state index contributed by atoms with van der Waals surface area (Å²) < 4.78 is 5.45. The summed E-state index contributed by atoms with van der Waals surface area (Å²) in [6, 6.07) is 12.1. The first-order valence-corrected chi connectivity index (χ1v) is 11.3. The molecule has 8 heteroatoms. The SMILES string of the molecule is CN1CCN(C(=O)Nc2ccc(-c3nccc4[nH]c(CN5CCOCC5)cc34)cc2)CC1. The fraction of sp³-hybridized carbons (Fsp3) is 0.417. The molecular weight excluding hydrogens is 404 g/mol. The number of carbonyl (C=O) groups is 1. The van der Waals surface area contributed by atoms with E-state index in [0.29, 0.717) is 0 Å². The smallest absolute Gasteiger partial charge is 0.321 e. The molecule has 4 heterocycles. The van der Waals surface area contributed by atoms with E-state index in [9.17, 15) is 4.79 Å². The molecule has 2 amide bonds. The van der Waals surface area contributed by atoms with Gasteiger partial charge in [0.2, 0.25) is 0 Å². The minimum absolute atomic E-state index is 0.0375. The maximum atomic E-state index is 12.5. The first-order chi connectivity index (χ1) is 15.7. The summed E-state index contributed by atoms with van der Waals surface area (Å²) in [5.41, 5.74) is 5.05. The van der Waals surface area contributed by atoms with Crippen LogP contribution in [0.15, 0.2) is 42.6 Å². The highest BCUT2D eigenvalue weighted by atomic mass is 16.5. The number of hydrogen-bond acceptors (Lipinski definition) is 5. The van der Waals surface area contributed by atoms with Gasteiger partial charge in [-0.2, -0.15) is 0 Å². The summed E-state index contributed by atoms with van der Waals surface area (Å²) >= 11 is 0. The van der Waals surface area contributed by atoms with Crippen LogP contribution in [0.2, 0.25) is 0 Å². The van der Waals surface area contributed by atoms with Gasteiger partial charge < -0.3 is 24.8 Å². The molecule has 3 aromatic rings. The highest BCUT2D eigenvalue weighted by Gasteiger charge is 2.19. The quantitative estimate of drug-likeness (QED) is 0.660. The molecule has 0 bridgehead atoms. The van der Waals surface area contributed by atoms with Crippen LogP contribution in [0.1, 0.15) is 5.69 Å². The largest absolute Gasteiger partial charge is 0.379 e. The van der Waals surface area contributed by atoms with E-state index >= 15 is 0 Å². The van der Waals surface area contributed by atoms with Crippen LogP contribution < -0.4 is 5.32 Å². The van der Waals surface area contributed by atoms with Gasteiger partial charge in [-0.3, -0.25) is 9.88 Å². The molecule has 0 spiro atoms. The van der Waals surface area contributed by atoms with Crippen molar-refractivity contribution in [1.29, 1.82) is 0 Å². The Morgan fingerprint density at radius 3 is 2.56 bits per heavy atom. The van der Waals surface area contributed by atoms with Crippen LogP contribution >= 0.6 is 0 Å². The van der Waals surface area contributed by atoms with Gasteiger partial charge >= 0.3 is 6.03 Å². The van der Waals surface area contributed by atoms with Gasteiger partial charge in [-0.05, 0) is 31.3 Å². The summed E-state index contributed by atoms with van der Waals surface area (Å²) in [7, 11) is 2.08. The van der Waals surface area contributed by atoms with Crippen molar-refractivity contribution in [1.82, 2.24) is 24.7 Å². The van der Waals surface area contributed by atoms with Crippen molar-refractivity contribution in [2.45, 2.75) is 6.54 Å². The molecule has 0 radical (unpaired) electrons. The Morgan fingerprint density at radius 1 is 1.06 bits per heavy atom. The number of amides is 2. The molecule has 8 nitrogen and oxygen atoms in total. The van der Waals surface area contributed by atoms with Gasteiger partial charge in [0.25, 0.3) is 0 Å². The number of nitrogens with one attached hydrogen (secondary N) is 2. The van der Waals surface area contributed by atoms with Crippen LogP contribution in [0.25, 0.3) is 22.2 Å². The Bertz CT molecular complexity index is 1070. The average molecular weight is 435 g/mol. The minimum Gasteiger partial charge on any atom is -0.379 e. The Kier molecular flexibility index (Phi) is 6.07. The number of pyridine rings is 1. The number of nitrogens with zero attached hydrogens (tertiary/aromatic N) is 4. The fourth-order valence-corrected chi connectivity index (χ4v) is 4.35. The van der Waals surface area contributed by atoms with Crippen molar-refractivity contribution >= 4 is 22.6 Å². The molecule has 0 atom stereocenters. The Labute approximate surface area is 188 Å². The number of urea groups is 1. The molecule has 0 aliphatic carbocycles. The summed E-state index contributed by atoms with van der Waals surface area (Å²) in [6.45, 7) is 7.73. The molecule has 0 saturated carbocycles. The Balaban J connectivity index is 1.30. The van der Waals surface area contributed by atoms with E-state index in [0.717, 1.165) is 86.9 Å². The lowest BCUT2D eigenvalue weighted by atomic mass is 10.1. The lowest BCUT2D eigenvalue weighted by molar-refractivity contribution is 0.0337. The van der Waals surface area contributed by atoms with E-state index in [4.69, 9.17) is 4.74 Å². The van der Waals surface area contributed by atoms with Crippen LogP contribution in [0.4, 0.5) is 10.5 Å². The van der Waals surface area contributed by atoms with Crippen molar-refractivity contribution < 1.29 is 9.53 Å². The molecule has 168 valence electrons.